The maximum absolute atomic E-state index is 13.3. The molecule has 1 atom stereocenters. The van der Waals surface area contributed by atoms with Crippen LogP contribution in [-0.2, 0) is 23.0 Å². The number of rotatable bonds is 7. The Bertz CT molecular complexity index is 1090. The minimum absolute atomic E-state index is 0.0208. The summed E-state index contributed by atoms with van der Waals surface area (Å²) < 4.78 is 20.9. The number of hydrogen-bond acceptors (Lipinski definition) is 8. The third-order valence-electron chi connectivity index (χ3n) is 4.72. The van der Waals surface area contributed by atoms with Crippen molar-refractivity contribution in [2.24, 2.45) is 0 Å². The van der Waals surface area contributed by atoms with E-state index in [4.69, 9.17) is 4.78 Å². The fourth-order valence-corrected chi connectivity index (χ4v) is 4.92. The number of carbonyl (C=O) groups excluding carboxylic acids is 1. The molecule has 0 aliphatic rings. The molecule has 0 bridgehead atoms. The highest BCUT2D eigenvalue weighted by Gasteiger charge is 2.30. The molecule has 0 aliphatic heterocycles. The van der Waals surface area contributed by atoms with Crippen LogP contribution < -0.4 is 9.62 Å². The van der Waals surface area contributed by atoms with Crippen molar-refractivity contribution in [2.45, 2.75) is 65.6 Å². The highest BCUT2D eigenvalue weighted by molar-refractivity contribution is 7.76. The normalized spacial score (nSPS) is 12.7. The van der Waals surface area contributed by atoms with E-state index in [-0.39, 0.29) is 27.5 Å². The molecule has 2 amide bonds. The van der Waals surface area contributed by atoms with Crippen molar-refractivity contribution in [3.8, 4) is 6.07 Å². The Labute approximate surface area is 193 Å². The number of thiol groups is 1. The van der Waals surface area contributed by atoms with Gasteiger partial charge in [-0.05, 0) is 48.9 Å². The number of nitriles is 1. The van der Waals surface area contributed by atoms with E-state index in [1.807, 2.05) is 27.7 Å². The van der Waals surface area contributed by atoms with E-state index in [0.29, 0.717) is 11.3 Å². The Hall–Kier alpha value is -2.52. The van der Waals surface area contributed by atoms with Gasteiger partial charge in [-0.15, -0.1) is 0 Å². The molecule has 1 unspecified atom stereocenters. The SMILES string of the molecule is CC(C)c1cc(C#N)cc(C(C)C)c1NC(=O)N(c1sc(C(C)(C)O)nc1CO)[SH](=N)=O. The summed E-state index contributed by atoms with van der Waals surface area (Å²) >= 11 is 0.891. The third kappa shape index (κ3) is 5.45. The Balaban J connectivity index is 2.62. The summed E-state index contributed by atoms with van der Waals surface area (Å²) in [4.78, 5) is 17.4. The van der Waals surface area contributed by atoms with Gasteiger partial charge in [0.1, 0.15) is 32.1 Å². The van der Waals surface area contributed by atoms with Crippen LogP contribution in [0, 0.1) is 16.1 Å². The average molecular weight is 480 g/mol. The van der Waals surface area contributed by atoms with Crippen molar-refractivity contribution in [2.75, 3.05) is 9.62 Å². The van der Waals surface area contributed by atoms with Crippen LogP contribution in [0.4, 0.5) is 15.5 Å². The maximum Gasteiger partial charge on any atom is 0.339 e. The van der Waals surface area contributed by atoms with Gasteiger partial charge in [-0.25, -0.2) is 18.8 Å². The lowest BCUT2D eigenvalue weighted by molar-refractivity contribution is 0.0779. The number of aromatic nitrogens is 1. The minimum atomic E-state index is -2.93. The number of nitrogens with zero attached hydrogens (tertiary/aromatic N) is 3. The molecule has 1 heterocycles. The smallest absolute Gasteiger partial charge is 0.339 e. The Morgan fingerprint density at radius 3 is 2.22 bits per heavy atom. The van der Waals surface area contributed by atoms with Gasteiger partial charge in [-0.3, -0.25) is 0 Å². The zero-order chi connectivity index (χ0) is 24.4. The zero-order valence-corrected chi connectivity index (χ0v) is 20.6. The monoisotopic (exact) mass is 479 g/mol. The largest absolute Gasteiger partial charge is 0.390 e. The van der Waals surface area contributed by atoms with Crippen LogP contribution in [0.2, 0.25) is 0 Å². The first kappa shape index (κ1) is 25.7. The Morgan fingerprint density at radius 1 is 1.31 bits per heavy atom. The second-order valence-corrected chi connectivity index (χ2v) is 10.4. The molecule has 0 aliphatic carbocycles. The number of amides is 2. The third-order valence-corrected chi connectivity index (χ3v) is 7.00. The van der Waals surface area contributed by atoms with E-state index < -0.39 is 29.0 Å². The van der Waals surface area contributed by atoms with Gasteiger partial charge in [0.05, 0.1) is 18.2 Å². The number of urea groups is 1. The van der Waals surface area contributed by atoms with Crippen molar-refractivity contribution in [3.05, 3.63) is 39.5 Å². The van der Waals surface area contributed by atoms with Crippen molar-refractivity contribution in [1.82, 2.24) is 4.98 Å². The first-order valence-corrected chi connectivity index (χ1v) is 12.1. The van der Waals surface area contributed by atoms with Crippen LogP contribution in [0.3, 0.4) is 0 Å². The van der Waals surface area contributed by atoms with Gasteiger partial charge in [0.15, 0.2) is 0 Å². The van der Waals surface area contributed by atoms with Crippen LogP contribution in [0.5, 0.6) is 0 Å². The first-order valence-electron chi connectivity index (χ1n) is 10.0. The highest BCUT2D eigenvalue weighted by Crippen LogP contribution is 2.37. The molecule has 174 valence electrons. The van der Waals surface area contributed by atoms with Gasteiger partial charge in [0.2, 0.25) is 0 Å². The van der Waals surface area contributed by atoms with Gasteiger partial charge in [0, 0.05) is 5.69 Å². The molecule has 32 heavy (non-hydrogen) atoms. The van der Waals surface area contributed by atoms with E-state index in [0.717, 1.165) is 26.8 Å². The van der Waals surface area contributed by atoms with E-state index in [2.05, 4.69) is 16.4 Å². The molecule has 1 aromatic carbocycles. The summed E-state index contributed by atoms with van der Waals surface area (Å²) in [6, 6.07) is 4.72. The lowest BCUT2D eigenvalue weighted by atomic mass is 9.90. The summed E-state index contributed by atoms with van der Waals surface area (Å²) in [5.74, 6) is -0.0416. The van der Waals surface area contributed by atoms with Gasteiger partial charge < -0.3 is 15.5 Å². The fourth-order valence-electron chi connectivity index (χ4n) is 3.10. The highest BCUT2D eigenvalue weighted by atomic mass is 32.2. The predicted molar refractivity (Wildman–Crippen MR) is 126 cm³/mol. The van der Waals surface area contributed by atoms with Crippen molar-refractivity contribution in [3.63, 3.8) is 0 Å². The number of hydrogen-bond donors (Lipinski definition) is 5. The van der Waals surface area contributed by atoms with Crippen molar-refractivity contribution >= 4 is 38.8 Å². The number of thiazole rings is 1. The number of aliphatic hydroxyl groups excluding tert-OH is 1. The van der Waals surface area contributed by atoms with Crippen LogP contribution in [0.1, 0.15) is 80.8 Å². The second kappa shape index (κ2) is 9.95. The number of anilines is 2. The van der Waals surface area contributed by atoms with Gasteiger partial charge >= 0.3 is 6.03 Å². The molecule has 2 rings (SSSR count). The van der Waals surface area contributed by atoms with E-state index in [1.165, 1.54) is 13.8 Å². The van der Waals surface area contributed by atoms with Crippen LogP contribution in [0.15, 0.2) is 12.1 Å². The number of carbonyl (C=O) groups is 1. The molecule has 2 aromatic rings. The fraction of sp³-hybridized carbons (Fsp3) is 0.476. The lowest BCUT2D eigenvalue weighted by Gasteiger charge is -2.23. The summed E-state index contributed by atoms with van der Waals surface area (Å²) in [5, 5.41) is 32.4. The number of benzene rings is 1. The second-order valence-electron chi connectivity index (χ2n) is 8.45. The summed E-state index contributed by atoms with van der Waals surface area (Å²) in [5.41, 5.74) is 1.16. The van der Waals surface area contributed by atoms with Gasteiger partial charge in [0.25, 0.3) is 0 Å². The standard InChI is InChI=1S/C21H29N5O4S2/c1-11(2)14-7-13(9-22)8-15(12(3)4)17(14)25-20(28)26(32(23)30)18-16(10-27)24-19(31-18)21(5,6)29/h7-8,11-12,23,27,29,32H,10H2,1-6H3,(H,25,28). The maximum atomic E-state index is 13.3. The topological polar surface area (TPSA) is 150 Å². The Morgan fingerprint density at radius 2 is 1.84 bits per heavy atom. The minimum Gasteiger partial charge on any atom is -0.390 e. The predicted octanol–water partition coefficient (Wildman–Crippen LogP) is 4.18. The van der Waals surface area contributed by atoms with E-state index >= 15 is 0 Å². The molecule has 4 N–H and O–H groups in total. The first-order chi connectivity index (χ1) is 14.8. The Kier molecular flexibility index (Phi) is 8.01. The lowest BCUT2D eigenvalue weighted by Crippen LogP contribution is -2.34. The molecule has 0 saturated heterocycles. The molecule has 11 heteroatoms. The van der Waals surface area contributed by atoms with Gasteiger partial charge in [-0.2, -0.15) is 9.57 Å². The molecule has 0 saturated carbocycles. The van der Waals surface area contributed by atoms with Crippen LogP contribution in [-0.4, -0.2) is 25.4 Å². The number of nitrogens with one attached hydrogen (secondary N) is 2. The molecule has 0 radical (unpaired) electrons. The molecule has 0 spiro atoms. The molecule has 9 nitrogen and oxygen atoms in total. The van der Waals surface area contributed by atoms with Crippen LogP contribution >= 0.6 is 11.3 Å². The molecule has 0 fully saturated rings. The van der Waals surface area contributed by atoms with Crippen molar-refractivity contribution < 1.29 is 19.2 Å². The van der Waals surface area contributed by atoms with Gasteiger partial charge in [-0.1, -0.05) is 39.0 Å². The molecular formula is C21H29N5O4S2. The van der Waals surface area contributed by atoms with E-state index in [1.54, 1.807) is 12.1 Å². The average Bonchev–Trinajstić information content (AvgIpc) is 3.11. The van der Waals surface area contributed by atoms with E-state index in [9.17, 15) is 24.5 Å². The quantitative estimate of drug-likeness (QED) is 0.376. The molecule has 1 aromatic heterocycles. The summed E-state index contributed by atoms with van der Waals surface area (Å²) in [6.45, 7) is 10.2. The molecular weight excluding hydrogens is 450 g/mol. The number of aliphatic hydroxyl groups is 2. The summed E-state index contributed by atoms with van der Waals surface area (Å²) in [7, 11) is -2.93. The zero-order valence-electron chi connectivity index (χ0n) is 18.9. The summed E-state index contributed by atoms with van der Waals surface area (Å²) in [6.07, 6.45) is 0. The van der Waals surface area contributed by atoms with Crippen molar-refractivity contribution in [1.29, 1.82) is 10.0 Å². The van der Waals surface area contributed by atoms with Crippen LogP contribution in [0.25, 0.3) is 0 Å².